The number of nitrogens with zero attached hydrogens (tertiary/aromatic N) is 1. The molecule has 23 heavy (non-hydrogen) atoms. The summed E-state index contributed by atoms with van der Waals surface area (Å²) in [5, 5.41) is 10.3. The number of likely N-dealkylation sites (N-methyl/N-ethyl adjacent to an activating group) is 1. The van der Waals surface area contributed by atoms with Gasteiger partial charge in [-0.2, -0.15) is 0 Å². The van der Waals surface area contributed by atoms with Crippen molar-refractivity contribution >= 4 is 5.91 Å². The summed E-state index contributed by atoms with van der Waals surface area (Å²) in [4.78, 5) is 14.1. The number of hydrogen-bond acceptors (Lipinski definition) is 2. The number of hydrogen-bond donors (Lipinski definition) is 1. The van der Waals surface area contributed by atoms with Crippen molar-refractivity contribution in [2.45, 2.75) is 65.0 Å². The summed E-state index contributed by atoms with van der Waals surface area (Å²) in [5.74, 6) is 2.79. The van der Waals surface area contributed by atoms with Crippen molar-refractivity contribution in [3.63, 3.8) is 0 Å². The van der Waals surface area contributed by atoms with Crippen LogP contribution in [0.1, 0.15) is 52.9 Å². The number of aliphatic hydroxyl groups is 1. The van der Waals surface area contributed by atoms with Crippen LogP contribution in [0.2, 0.25) is 0 Å². The predicted molar refractivity (Wildman–Crippen MR) is 90.6 cm³/mol. The first-order chi connectivity index (χ1) is 10.8. The minimum Gasteiger partial charge on any atom is -0.393 e. The molecule has 0 bridgehead atoms. The Hall–Kier alpha value is -0.830. The van der Waals surface area contributed by atoms with Gasteiger partial charge in [-0.15, -0.1) is 0 Å². The van der Waals surface area contributed by atoms with Gasteiger partial charge in [0.2, 0.25) is 5.91 Å². The van der Waals surface area contributed by atoms with Crippen molar-refractivity contribution in [2.24, 2.45) is 34.5 Å². The van der Waals surface area contributed by atoms with E-state index in [4.69, 9.17) is 0 Å². The molecule has 0 aromatic carbocycles. The van der Waals surface area contributed by atoms with Gasteiger partial charge < -0.3 is 10.0 Å². The van der Waals surface area contributed by atoms with Gasteiger partial charge in [-0.05, 0) is 67.3 Å². The van der Waals surface area contributed by atoms with E-state index in [9.17, 15) is 9.90 Å². The number of rotatable bonds is 0. The maximum atomic E-state index is 12.1. The highest BCUT2D eigenvalue weighted by Crippen LogP contribution is 2.65. The molecule has 0 spiro atoms. The van der Waals surface area contributed by atoms with E-state index < -0.39 is 0 Å². The maximum Gasteiger partial charge on any atom is 0.246 e. The Morgan fingerprint density at radius 3 is 2.74 bits per heavy atom. The third kappa shape index (κ3) is 2.01. The number of carbonyl (C=O) groups is 1. The molecule has 0 aromatic heterocycles. The second-order valence-corrected chi connectivity index (χ2v) is 9.45. The van der Waals surface area contributed by atoms with E-state index in [-0.39, 0.29) is 17.4 Å². The first kappa shape index (κ1) is 15.7. The Balaban J connectivity index is 1.74. The molecule has 3 saturated carbocycles. The summed E-state index contributed by atoms with van der Waals surface area (Å²) < 4.78 is 0. The zero-order chi connectivity index (χ0) is 16.6. The van der Waals surface area contributed by atoms with Crippen molar-refractivity contribution < 1.29 is 9.90 Å². The van der Waals surface area contributed by atoms with E-state index >= 15 is 0 Å². The average molecular weight is 317 g/mol. The van der Waals surface area contributed by atoms with Gasteiger partial charge >= 0.3 is 0 Å². The van der Waals surface area contributed by atoms with Crippen LogP contribution in [0.4, 0.5) is 0 Å². The largest absolute Gasteiger partial charge is 0.393 e. The lowest BCUT2D eigenvalue weighted by molar-refractivity contribution is -0.143. The summed E-state index contributed by atoms with van der Waals surface area (Å²) in [5.41, 5.74) is 0.437. The monoisotopic (exact) mass is 317 g/mol. The fourth-order valence-electron chi connectivity index (χ4n) is 7.08. The topological polar surface area (TPSA) is 40.5 Å². The highest BCUT2D eigenvalue weighted by molar-refractivity contribution is 5.89. The van der Waals surface area contributed by atoms with E-state index in [1.165, 1.54) is 12.8 Å². The van der Waals surface area contributed by atoms with Crippen molar-refractivity contribution in [1.29, 1.82) is 0 Å². The minimum atomic E-state index is -0.104. The zero-order valence-corrected chi connectivity index (χ0v) is 15.0. The van der Waals surface area contributed by atoms with Gasteiger partial charge in [0.25, 0.3) is 0 Å². The SMILES string of the molecule is C[C@H]1CC2N(C)C(=O)C=C[C@]2(C)C2CC[C@]3(C)C[C@@H](O)CC3C21. The molecule has 1 aliphatic heterocycles. The molecule has 4 unspecified atom stereocenters. The van der Waals surface area contributed by atoms with Crippen molar-refractivity contribution in [3.05, 3.63) is 12.2 Å². The zero-order valence-electron chi connectivity index (χ0n) is 15.0. The first-order valence-electron chi connectivity index (χ1n) is 9.40. The Morgan fingerprint density at radius 1 is 1.26 bits per heavy atom. The quantitative estimate of drug-likeness (QED) is 0.745. The standard InChI is InChI=1S/C20H31NO2/c1-12-9-16-20(3,8-6-17(23)21(16)4)14-5-7-19(2)11-13(22)10-15(19)18(12)14/h6,8,12-16,18,22H,5,7,9-11H2,1-4H3/t12-,13-,14?,15?,16?,18?,19+,20+/m0/s1. The highest BCUT2D eigenvalue weighted by atomic mass is 16.3. The number of aliphatic hydroxyl groups excluding tert-OH is 1. The van der Waals surface area contributed by atoms with Crippen LogP contribution in [0.25, 0.3) is 0 Å². The van der Waals surface area contributed by atoms with Crippen LogP contribution in [0, 0.1) is 34.5 Å². The van der Waals surface area contributed by atoms with Crippen molar-refractivity contribution in [1.82, 2.24) is 4.90 Å². The Labute approximate surface area is 140 Å². The second kappa shape index (κ2) is 4.84. The molecular formula is C20H31NO2. The van der Waals surface area contributed by atoms with Crippen LogP contribution in [-0.2, 0) is 4.79 Å². The molecule has 0 aromatic rings. The molecule has 0 radical (unpaired) electrons. The average Bonchev–Trinajstić information content (AvgIpc) is 2.80. The molecular weight excluding hydrogens is 286 g/mol. The number of amides is 1. The smallest absolute Gasteiger partial charge is 0.246 e. The van der Waals surface area contributed by atoms with Gasteiger partial charge in [0.05, 0.1) is 6.10 Å². The Bertz CT molecular complexity index is 558. The second-order valence-electron chi connectivity index (χ2n) is 9.45. The Kier molecular flexibility index (Phi) is 3.30. The lowest BCUT2D eigenvalue weighted by atomic mass is 9.46. The van der Waals surface area contributed by atoms with Gasteiger partial charge in [0.15, 0.2) is 0 Å². The molecule has 0 saturated heterocycles. The summed E-state index contributed by atoms with van der Waals surface area (Å²) in [6.07, 6.45) is 9.49. The van der Waals surface area contributed by atoms with Crippen molar-refractivity contribution in [3.8, 4) is 0 Å². The van der Waals surface area contributed by atoms with E-state index in [0.29, 0.717) is 35.1 Å². The van der Waals surface area contributed by atoms with E-state index in [2.05, 4.69) is 26.8 Å². The van der Waals surface area contributed by atoms with Gasteiger partial charge in [-0.3, -0.25) is 4.79 Å². The maximum absolute atomic E-state index is 12.1. The molecule has 3 nitrogen and oxygen atoms in total. The van der Waals surface area contributed by atoms with Crippen molar-refractivity contribution in [2.75, 3.05) is 7.05 Å². The Morgan fingerprint density at radius 2 is 2.00 bits per heavy atom. The third-order valence-electron chi connectivity index (χ3n) is 8.25. The summed E-state index contributed by atoms with van der Waals surface area (Å²) in [6.45, 7) is 7.19. The summed E-state index contributed by atoms with van der Waals surface area (Å²) >= 11 is 0. The van der Waals surface area contributed by atoms with Gasteiger partial charge in [0.1, 0.15) is 0 Å². The van der Waals surface area contributed by atoms with Crippen LogP contribution in [0.15, 0.2) is 12.2 Å². The molecule has 4 rings (SSSR count). The fourth-order valence-corrected chi connectivity index (χ4v) is 7.08. The lowest BCUT2D eigenvalue weighted by Gasteiger charge is -2.61. The molecule has 4 aliphatic rings. The molecule has 3 aliphatic carbocycles. The van der Waals surface area contributed by atoms with Gasteiger partial charge in [-0.1, -0.05) is 26.8 Å². The minimum absolute atomic E-state index is 0.104. The fraction of sp³-hybridized carbons (Fsp3) is 0.850. The number of carbonyl (C=O) groups excluding carboxylic acids is 1. The molecule has 1 heterocycles. The number of fused-ring (bicyclic) bond motifs is 5. The third-order valence-corrected chi connectivity index (χ3v) is 8.25. The summed E-state index contributed by atoms with van der Waals surface area (Å²) in [7, 11) is 1.98. The van der Waals surface area contributed by atoms with Gasteiger partial charge in [0, 0.05) is 18.5 Å². The van der Waals surface area contributed by atoms with Crippen LogP contribution >= 0.6 is 0 Å². The molecule has 128 valence electrons. The van der Waals surface area contributed by atoms with E-state index in [0.717, 1.165) is 19.3 Å². The van der Waals surface area contributed by atoms with Crippen LogP contribution in [-0.4, -0.2) is 35.1 Å². The van der Waals surface area contributed by atoms with E-state index in [1.54, 1.807) is 6.08 Å². The van der Waals surface area contributed by atoms with Crippen LogP contribution in [0.3, 0.4) is 0 Å². The first-order valence-corrected chi connectivity index (χ1v) is 9.40. The normalized spacial score (nSPS) is 55.3. The van der Waals surface area contributed by atoms with Crippen LogP contribution in [0.5, 0.6) is 0 Å². The highest BCUT2D eigenvalue weighted by Gasteiger charge is 2.61. The molecule has 1 amide bonds. The molecule has 8 atom stereocenters. The summed E-state index contributed by atoms with van der Waals surface area (Å²) in [6, 6.07) is 0.340. The van der Waals surface area contributed by atoms with Gasteiger partial charge in [-0.25, -0.2) is 0 Å². The molecule has 3 fully saturated rings. The lowest BCUT2D eigenvalue weighted by Crippen LogP contribution is -2.61. The predicted octanol–water partition coefficient (Wildman–Crippen LogP) is 3.23. The van der Waals surface area contributed by atoms with Crippen LogP contribution < -0.4 is 0 Å². The molecule has 3 heteroatoms. The molecule has 1 N–H and O–H groups in total. The van der Waals surface area contributed by atoms with E-state index in [1.807, 2.05) is 11.9 Å².